The number of ether oxygens (including phenoxy) is 1. The molecule has 0 bridgehead atoms. The molecular weight excluding hydrogens is 338 g/mol. The van der Waals surface area contributed by atoms with Crippen LogP contribution in [-0.2, 0) is 26.8 Å². The van der Waals surface area contributed by atoms with Gasteiger partial charge in [-0.3, -0.25) is 4.90 Å². The van der Waals surface area contributed by atoms with Gasteiger partial charge in [0.25, 0.3) is 9.05 Å². The smallest absolute Gasteiger partial charge is 0.414 e. The van der Waals surface area contributed by atoms with Crippen LogP contribution in [-0.4, -0.2) is 21.1 Å². The van der Waals surface area contributed by atoms with Gasteiger partial charge in [-0.1, -0.05) is 42.5 Å². The lowest BCUT2D eigenvalue weighted by Crippen LogP contribution is -2.30. The van der Waals surface area contributed by atoms with E-state index in [9.17, 15) is 13.2 Å². The first-order valence-electron chi connectivity index (χ1n) is 7.01. The average molecular weight is 352 g/mol. The van der Waals surface area contributed by atoms with Crippen molar-refractivity contribution >= 4 is 31.5 Å². The predicted molar refractivity (Wildman–Crippen MR) is 87.2 cm³/mol. The number of hydrogen-bond donors (Lipinski definition) is 0. The van der Waals surface area contributed by atoms with Gasteiger partial charge in [-0.05, 0) is 23.6 Å². The standard InChI is InChI=1S/C16H14ClNO4S/c17-23(20,21)14-8-4-7-13-9-10-18(15(13)14)16(19)22-11-12-5-2-1-3-6-12/h1-8H,9-11H2. The number of carbonyl (C=O) groups excluding carboxylic acids is 1. The fraction of sp³-hybridized carbons (Fsp3) is 0.188. The van der Waals surface area contributed by atoms with Gasteiger partial charge in [-0.25, -0.2) is 13.2 Å². The maximum absolute atomic E-state index is 12.3. The largest absolute Gasteiger partial charge is 0.444 e. The van der Waals surface area contributed by atoms with Gasteiger partial charge < -0.3 is 4.74 Å². The molecule has 3 rings (SSSR count). The normalized spacial score (nSPS) is 13.7. The average Bonchev–Trinajstić information content (AvgIpc) is 2.96. The van der Waals surface area contributed by atoms with E-state index in [4.69, 9.17) is 15.4 Å². The van der Waals surface area contributed by atoms with Gasteiger partial charge in [0.05, 0.1) is 5.69 Å². The van der Waals surface area contributed by atoms with Crippen molar-refractivity contribution in [2.75, 3.05) is 11.4 Å². The number of rotatable bonds is 3. The molecule has 23 heavy (non-hydrogen) atoms. The summed E-state index contributed by atoms with van der Waals surface area (Å²) in [4.78, 5) is 13.6. The monoisotopic (exact) mass is 351 g/mol. The maximum Gasteiger partial charge on any atom is 0.414 e. The minimum atomic E-state index is -3.94. The second kappa shape index (κ2) is 6.22. The summed E-state index contributed by atoms with van der Waals surface area (Å²) in [6.45, 7) is 0.494. The van der Waals surface area contributed by atoms with E-state index >= 15 is 0 Å². The van der Waals surface area contributed by atoms with Gasteiger partial charge in [0.15, 0.2) is 0 Å². The second-order valence-electron chi connectivity index (χ2n) is 5.14. The first-order valence-corrected chi connectivity index (χ1v) is 9.32. The first-order chi connectivity index (χ1) is 11.0. The molecule has 1 aliphatic heterocycles. The van der Waals surface area contributed by atoms with Gasteiger partial charge in [-0.15, -0.1) is 0 Å². The number of nitrogens with zero attached hydrogens (tertiary/aromatic N) is 1. The molecule has 0 unspecified atom stereocenters. The van der Waals surface area contributed by atoms with Crippen molar-refractivity contribution in [1.29, 1.82) is 0 Å². The number of benzene rings is 2. The van der Waals surface area contributed by atoms with Crippen LogP contribution in [0.3, 0.4) is 0 Å². The predicted octanol–water partition coefficient (Wildman–Crippen LogP) is 3.31. The molecule has 0 fully saturated rings. The minimum Gasteiger partial charge on any atom is -0.444 e. The molecule has 0 atom stereocenters. The van der Waals surface area contributed by atoms with Crippen molar-refractivity contribution in [3.63, 3.8) is 0 Å². The number of hydrogen-bond acceptors (Lipinski definition) is 4. The Bertz CT molecular complexity index is 836. The Morgan fingerprint density at radius 2 is 1.87 bits per heavy atom. The summed E-state index contributed by atoms with van der Waals surface area (Å²) in [5.41, 5.74) is 1.95. The number of anilines is 1. The van der Waals surface area contributed by atoms with Gasteiger partial charge in [0.2, 0.25) is 0 Å². The molecule has 1 aliphatic rings. The van der Waals surface area contributed by atoms with E-state index in [0.717, 1.165) is 11.1 Å². The third kappa shape index (κ3) is 3.33. The van der Waals surface area contributed by atoms with Crippen LogP contribution in [0.25, 0.3) is 0 Å². The zero-order valence-corrected chi connectivity index (χ0v) is 13.7. The molecule has 0 saturated heterocycles. The summed E-state index contributed by atoms with van der Waals surface area (Å²) < 4.78 is 28.7. The Kier molecular flexibility index (Phi) is 4.28. The Morgan fingerprint density at radius 3 is 2.57 bits per heavy atom. The van der Waals surface area contributed by atoms with Crippen molar-refractivity contribution in [3.05, 3.63) is 59.7 Å². The zero-order valence-electron chi connectivity index (χ0n) is 12.1. The van der Waals surface area contributed by atoms with Crippen molar-refractivity contribution in [2.45, 2.75) is 17.9 Å². The van der Waals surface area contributed by atoms with Crippen molar-refractivity contribution in [1.82, 2.24) is 0 Å². The molecule has 5 nitrogen and oxygen atoms in total. The van der Waals surface area contributed by atoms with Crippen LogP contribution in [0.1, 0.15) is 11.1 Å². The fourth-order valence-electron chi connectivity index (χ4n) is 2.60. The third-order valence-corrected chi connectivity index (χ3v) is 5.00. The van der Waals surface area contributed by atoms with E-state index in [1.165, 1.54) is 11.0 Å². The lowest BCUT2D eigenvalue weighted by atomic mass is 10.2. The molecule has 1 heterocycles. The molecular formula is C16H14ClNO4S. The van der Waals surface area contributed by atoms with Gasteiger partial charge >= 0.3 is 6.09 Å². The molecule has 0 saturated carbocycles. The summed E-state index contributed by atoms with van der Waals surface area (Å²) >= 11 is 0. The molecule has 1 amide bonds. The highest BCUT2D eigenvalue weighted by Gasteiger charge is 2.32. The topological polar surface area (TPSA) is 63.7 Å². The van der Waals surface area contributed by atoms with Crippen LogP contribution in [0, 0.1) is 0 Å². The van der Waals surface area contributed by atoms with Crippen LogP contribution < -0.4 is 4.90 Å². The van der Waals surface area contributed by atoms with E-state index in [0.29, 0.717) is 18.7 Å². The van der Waals surface area contributed by atoms with Crippen molar-refractivity contribution in [3.8, 4) is 0 Å². The van der Waals surface area contributed by atoms with Crippen molar-refractivity contribution < 1.29 is 17.9 Å². The summed E-state index contributed by atoms with van der Waals surface area (Å²) in [6, 6.07) is 14.1. The number of amides is 1. The molecule has 0 radical (unpaired) electrons. The Balaban J connectivity index is 1.83. The van der Waals surface area contributed by atoms with Gasteiger partial charge in [0.1, 0.15) is 11.5 Å². The number of halogens is 1. The van der Waals surface area contributed by atoms with E-state index in [1.54, 1.807) is 12.1 Å². The molecule has 7 heteroatoms. The van der Waals surface area contributed by atoms with Gasteiger partial charge in [-0.2, -0.15) is 0 Å². The molecule has 0 N–H and O–H groups in total. The number of carbonyl (C=O) groups is 1. The molecule has 0 spiro atoms. The Hall–Kier alpha value is -2.05. The van der Waals surface area contributed by atoms with Crippen LogP contribution in [0.5, 0.6) is 0 Å². The molecule has 0 aromatic heterocycles. The highest BCUT2D eigenvalue weighted by molar-refractivity contribution is 8.13. The molecule has 0 aliphatic carbocycles. The van der Waals surface area contributed by atoms with Crippen LogP contribution in [0.2, 0.25) is 0 Å². The zero-order chi connectivity index (χ0) is 16.4. The number of para-hydroxylation sites is 1. The lowest BCUT2D eigenvalue weighted by Gasteiger charge is -2.19. The SMILES string of the molecule is O=C(OCc1ccccc1)N1CCc2cccc(S(=O)(=O)Cl)c21. The summed E-state index contributed by atoms with van der Waals surface area (Å²) in [5, 5.41) is 0. The summed E-state index contributed by atoms with van der Waals surface area (Å²) in [7, 11) is 1.54. The summed E-state index contributed by atoms with van der Waals surface area (Å²) in [6.07, 6.45) is -0.0175. The van der Waals surface area contributed by atoms with Gasteiger partial charge in [0, 0.05) is 17.2 Å². The minimum absolute atomic E-state index is 0.0640. The van der Waals surface area contributed by atoms with E-state index in [2.05, 4.69) is 0 Å². The van der Waals surface area contributed by atoms with E-state index in [-0.39, 0.29) is 11.5 Å². The molecule has 2 aromatic rings. The fourth-order valence-corrected chi connectivity index (χ4v) is 3.68. The highest BCUT2D eigenvalue weighted by Crippen LogP contribution is 2.36. The van der Waals surface area contributed by atoms with Crippen LogP contribution in [0.4, 0.5) is 10.5 Å². The lowest BCUT2D eigenvalue weighted by molar-refractivity contribution is 0.147. The Labute approximate surface area is 138 Å². The second-order valence-corrected chi connectivity index (χ2v) is 7.68. The van der Waals surface area contributed by atoms with Crippen molar-refractivity contribution in [2.24, 2.45) is 0 Å². The van der Waals surface area contributed by atoms with Crippen LogP contribution >= 0.6 is 10.7 Å². The third-order valence-electron chi connectivity index (χ3n) is 3.65. The summed E-state index contributed by atoms with van der Waals surface area (Å²) in [5.74, 6) is 0. The first kappa shape index (κ1) is 15.8. The molecule has 120 valence electrons. The van der Waals surface area contributed by atoms with Crippen LogP contribution in [0.15, 0.2) is 53.4 Å². The maximum atomic E-state index is 12.3. The van der Waals surface area contributed by atoms with E-state index in [1.807, 2.05) is 30.3 Å². The number of fused-ring (bicyclic) bond motifs is 1. The Morgan fingerprint density at radius 1 is 1.13 bits per heavy atom. The highest BCUT2D eigenvalue weighted by atomic mass is 35.7. The quantitative estimate of drug-likeness (QED) is 0.796. The molecule has 2 aromatic carbocycles. The van der Waals surface area contributed by atoms with E-state index < -0.39 is 15.1 Å².